The van der Waals surface area contributed by atoms with Crippen molar-refractivity contribution in [3.05, 3.63) is 5.01 Å². The summed E-state index contributed by atoms with van der Waals surface area (Å²) in [6.45, 7) is 3.43. The van der Waals surface area contributed by atoms with Crippen LogP contribution in [-0.4, -0.2) is 22.8 Å². The van der Waals surface area contributed by atoms with Crippen LogP contribution in [0.3, 0.4) is 0 Å². The maximum absolute atomic E-state index is 5.23. The number of hydrogen-bond donors (Lipinski definition) is 1. The third kappa shape index (κ3) is 2.63. The van der Waals surface area contributed by atoms with Crippen molar-refractivity contribution in [1.82, 2.24) is 15.5 Å². The second-order valence-electron chi connectivity index (χ2n) is 3.05. The van der Waals surface area contributed by atoms with E-state index in [4.69, 9.17) is 4.74 Å². The highest BCUT2D eigenvalue weighted by Crippen LogP contribution is 2.21. The molecular formula is C8H13N3OS. The molecule has 5 heteroatoms. The molecule has 1 fully saturated rings. The Hall–Kier alpha value is -0.680. The molecule has 0 aliphatic heterocycles. The van der Waals surface area contributed by atoms with E-state index in [0.717, 1.165) is 17.6 Å². The molecule has 1 aromatic rings. The van der Waals surface area contributed by atoms with E-state index in [1.54, 1.807) is 0 Å². The Kier molecular flexibility index (Phi) is 2.75. The predicted molar refractivity (Wildman–Crippen MR) is 50.9 cm³/mol. The zero-order valence-corrected chi connectivity index (χ0v) is 8.43. The van der Waals surface area contributed by atoms with Gasteiger partial charge in [-0.15, -0.1) is 10.2 Å². The molecule has 4 nitrogen and oxygen atoms in total. The van der Waals surface area contributed by atoms with Crippen LogP contribution in [0, 0.1) is 0 Å². The Balaban J connectivity index is 1.81. The van der Waals surface area contributed by atoms with Gasteiger partial charge in [0.05, 0.1) is 13.2 Å². The first-order valence-electron chi connectivity index (χ1n) is 4.57. The van der Waals surface area contributed by atoms with Crippen LogP contribution in [0.1, 0.15) is 24.8 Å². The minimum absolute atomic E-state index is 0.657. The van der Waals surface area contributed by atoms with Crippen molar-refractivity contribution in [2.45, 2.75) is 32.4 Å². The Morgan fingerprint density at radius 3 is 3.08 bits per heavy atom. The summed E-state index contributed by atoms with van der Waals surface area (Å²) in [5, 5.41) is 13.0. The standard InChI is InChI=1S/C8H13N3OS/c1-2-12-8-11-10-7(13-8)5-9-6-3-4-6/h6,9H,2-5H2,1H3. The van der Waals surface area contributed by atoms with Crippen LogP contribution in [0.25, 0.3) is 0 Å². The van der Waals surface area contributed by atoms with Gasteiger partial charge in [0, 0.05) is 6.04 Å². The van der Waals surface area contributed by atoms with Gasteiger partial charge in [-0.25, -0.2) is 0 Å². The fraction of sp³-hybridized carbons (Fsp3) is 0.750. The molecule has 0 bridgehead atoms. The third-order valence-corrected chi connectivity index (χ3v) is 2.67. The normalized spacial score (nSPS) is 16.1. The molecule has 0 saturated heterocycles. The van der Waals surface area contributed by atoms with E-state index in [9.17, 15) is 0 Å². The Morgan fingerprint density at radius 2 is 2.38 bits per heavy atom. The highest BCUT2D eigenvalue weighted by molar-refractivity contribution is 7.13. The third-order valence-electron chi connectivity index (χ3n) is 1.84. The Morgan fingerprint density at radius 1 is 1.54 bits per heavy atom. The zero-order chi connectivity index (χ0) is 9.10. The van der Waals surface area contributed by atoms with E-state index in [1.807, 2.05) is 6.92 Å². The van der Waals surface area contributed by atoms with Crippen molar-refractivity contribution in [2.24, 2.45) is 0 Å². The Bertz CT molecular complexity index is 272. The van der Waals surface area contributed by atoms with Crippen LogP contribution in [-0.2, 0) is 6.54 Å². The highest BCUT2D eigenvalue weighted by Gasteiger charge is 2.20. The SMILES string of the molecule is CCOc1nnc(CNC2CC2)s1. The van der Waals surface area contributed by atoms with E-state index in [2.05, 4.69) is 15.5 Å². The summed E-state index contributed by atoms with van der Waals surface area (Å²) in [4.78, 5) is 0. The largest absolute Gasteiger partial charge is 0.469 e. The monoisotopic (exact) mass is 199 g/mol. The van der Waals surface area contributed by atoms with E-state index in [0.29, 0.717) is 11.8 Å². The summed E-state index contributed by atoms with van der Waals surface area (Å²) < 4.78 is 5.23. The van der Waals surface area contributed by atoms with Crippen LogP contribution in [0.2, 0.25) is 0 Å². The topological polar surface area (TPSA) is 47.0 Å². The van der Waals surface area contributed by atoms with Crippen LogP contribution in [0.4, 0.5) is 0 Å². The Labute approximate surface area is 81.3 Å². The molecule has 1 aliphatic carbocycles. The van der Waals surface area contributed by atoms with Gasteiger partial charge in [0.2, 0.25) is 0 Å². The lowest BCUT2D eigenvalue weighted by atomic mass is 10.6. The minimum Gasteiger partial charge on any atom is -0.469 e. The van der Waals surface area contributed by atoms with Gasteiger partial charge in [-0.05, 0) is 19.8 Å². The summed E-state index contributed by atoms with van der Waals surface area (Å²) in [5.74, 6) is 0. The van der Waals surface area contributed by atoms with Crippen molar-refractivity contribution < 1.29 is 4.74 Å². The number of aromatic nitrogens is 2. The van der Waals surface area contributed by atoms with Gasteiger partial charge < -0.3 is 10.1 Å². The van der Waals surface area contributed by atoms with Crippen LogP contribution >= 0.6 is 11.3 Å². The van der Waals surface area contributed by atoms with Gasteiger partial charge in [0.25, 0.3) is 5.19 Å². The molecule has 1 saturated carbocycles. The average Bonchev–Trinajstić information content (AvgIpc) is 2.85. The maximum atomic E-state index is 5.23. The van der Waals surface area contributed by atoms with Gasteiger partial charge in [-0.1, -0.05) is 11.3 Å². The lowest BCUT2D eigenvalue weighted by Crippen LogP contribution is -2.14. The van der Waals surface area contributed by atoms with E-state index < -0.39 is 0 Å². The average molecular weight is 199 g/mol. The van der Waals surface area contributed by atoms with E-state index in [-0.39, 0.29) is 0 Å². The van der Waals surface area contributed by atoms with Crippen molar-refractivity contribution in [2.75, 3.05) is 6.61 Å². The first-order chi connectivity index (χ1) is 6.38. The lowest BCUT2D eigenvalue weighted by molar-refractivity contribution is 0.335. The second-order valence-corrected chi connectivity index (χ2v) is 4.07. The van der Waals surface area contributed by atoms with Crippen molar-refractivity contribution in [3.8, 4) is 5.19 Å². The molecular weight excluding hydrogens is 186 g/mol. The molecule has 1 aromatic heterocycles. The zero-order valence-electron chi connectivity index (χ0n) is 7.62. The molecule has 0 amide bonds. The highest BCUT2D eigenvalue weighted by atomic mass is 32.1. The molecule has 1 aliphatic rings. The lowest BCUT2D eigenvalue weighted by Gasteiger charge is -1.95. The molecule has 0 unspecified atom stereocenters. The molecule has 0 radical (unpaired) electrons. The summed E-state index contributed by atoms with van der Waals surface area (Å²) >= 11 is 1.52. The van der Waals surface area contributed by atoms with Crippen LogP contribution in [0.15, 0.2) is 0 Å². The number of nitrogens with zero attached hydrogens (tertiary/aromatic N) is 2. The maximum Gasteiger partial charge on any atom is 0.294 e. The number of rotatable bonds is 5. The summed E-state index contributed by atoms with van der Waals surface area (Å²) in [6.07, 6.45) is 2.61. The number of ether oxygens (including phenoxy) is 1. The van der Waals surface area contributed by atoms with Crippen LogP contribution in [0.5, 0.6) is 5.19 Å². The van der Waals surface area contributed by atoms with Crippen molar-refractivity contribution >= 4 is 11.3 Å². The summed E-state index contributed by atoms with van der Waals surface area (Å²) in [6, 6.07) is 0.722. The van der Waals surface area contributed by atoms with Gasteiger partial charge in [-0.3, -0.25) is 0 Å². The van der Waals surface area contributed by atoms with Gasteiger partial charge in [-0.2, -0.15) is 0 Å². The summed E-state index contributed by atoms with van der Waals surface area (Å²) in [5.41, 5.74) is 0. The van der Waals surface area contributed by atoms with Crippen molar-refractivity contribution in [3.63, 3.8) is 0 Å². The summed E-state index contributed by atoms with van der Waals surface area (Å²) in [7, 11) is 0. The van der Waals surface area contributed by atoms with E-state index >= 15 is 0 Å². The van der Waals surface area contributed by atoms with E-state index in [1.165, 1.54) is 24.2 Å². The minimum atomic E-state index is 0.657. The van der Waals surface area contributed by atoms with Gasteiger partial charge in [0.1, 0.15) is 5.01 Å². The fourth-order valence-electron chi connectivity index (χ4n) is 1.01. The molecule has 1 N–H and O–H groups in total. The second kappa shape index (κ2) is 4.02. The molecule has 0 aromatic carbocycles. The number of hydrogen-bond acceptors (Lipinski definition) is 5. The van der Waals surface area contributed by atoms with Crippen LogP contribution < -0.4 is 10.1 Å². The first kappa shape index (κ1) is 8.90. The molecule has 72 valence electrons. The smallest absolute Gasteiger partial charge is 0.294 e. The molecule has 1 heterocycles. The first-order valence-corrected chi connectivity index (χ1v) is 5.38. The molecule has 0 spiro atoms. The number of nitrogens with one attached hydrogen (secondary N) is 1. The molecule has 0 atom stereocenters. The predicted octanol–water partition coefficient (Wildman–Crippen LogP) is 1.19. The van der Waals surface area contributed by atoms with Gasteiger partial charge >= 0.3 is 0 Å². The molecule has 13 heavy (non-hydrogen) atoms. The quantitative estimate of drug-likeness (QED) is 0.773. The fourth-order valence-corrected chi connectivity index (χ4v) is 1.71. The molecule has 2 rings (SSSR count). The van der Waals surface area contributed by atoms with Crippen molar-refractivity contribution in [1.29, 1.82) is 0 Å². The van der Waals surface area contributed by atoms with Gasteiger partial charge in [0.15, 0.2) is 0 Å².